The van der Waals surface area contributed by atoms with Crippen LogP contribution in [0.4, 0.5) is 15.3 Å². The van der Waals surface area contributed by atoms with E-state index in [-0.39, 0.29) is 16.8 Å². The summed E-state index contributed by atoms with van der Waals surface area (Å²) < 4.78 is 16.1. The van der Waals surface area contributed by atoms with Gasteiger partial charge in [-0.3, -0.25) is 14.2 Å². The van der Waals surface area contributed by atoms with Crippen LogP contribution in [0.25, 0.3) is 10.9 Å². The number of rotatable bonds is 3. The summed E-state index contributed by atoms with van der Waals surface area (Å²) in [5.41, 5.74) is -5.27. The van der Waals surface area contributed by atoms with E-state index in [9.17, 15) is 19.2 Å². The molecule has 0 unspecified atom stereocenters. The number of ether oxygens (including phenoxy) is 3. The van der Waals surface area contributed by atoms with Gasteiger partial charge in [0.15, 0.2) is 5.60 Å². The summed E-state index contributed by atoms with van der Waals surface area (Å²) in [6, 6.07) is 12.9. The normalized spacial score (nSPS) is 17.6. The summed E-state index contributed by atoms with van der Waals surface area (Å²) in [5.74, 6) is -2.11. The van der Waals surface area contributed by atoms with Gasteiger partial charge in [0.05, 0.1) is 11.2 Å². The molecular formula is C31H33Cl3N2O7. The van der Waals surface area contributed by atoms with Crippen LogP contribution in [0.3, 0.4) is 0 Å². The van der Waals surface area contributed by atoms with E-state index in [0.29, 0.717) is 10.9 Å². The lowest BCUT2D eigenvalue weighted by atomic mass is 9.75. The van der Waals surface area contributed by atoms with E-state index >= 15 is 0 Å². The van der Waals surface area contributed by atoms with Crippen LogP contribution >= 0.6 is 34.8 Å². The zero-order valence-electron chi connectivity index (χ0n) is 25.1. The molecule has 1 aliphatic rings. The summed E-state index contributed by atoms with van der Waals surface area (Å²) in [7, 11) is 0. The second-order valence-corrected chi connectivity index (χ2v) is 15.0. The molecule has 0 N–H and O–H groups in total. The van der Waals surface area contributed by atoms with Gasteiger partial charge in [-0.15, -0.1) is 0 Å². The van der Waals surface area contributed by atoms with E-state index in [1.807, 2.05) is 0 Å². The third-order valence-corrected chi connectivity index (χ3v) is 8.06. The zero-order valence-corrected chi connectivity index (χ0v) is 27.3. The molecule has 0 aliphatic carbocycles. The first-order valence-electron chi connectivity index (χ1n) is 13.4. The number of fused-ring (bicyclic) bond motifs is 2. The number of benzene rings is 2. The number of carbonyl (C=O) groups excluding carboxylic acids is 4. The smallest absolute Gasteiger partial charge is 0.421 e. The third kappa shape index (κ3) is 5.82. The quantitative estimate of drug-likeness (QED) is 0.124. The predicted molar refractivity (Wildman–Crippen MR) is 165 cm³/mol. The van der Waals surface area contributed by atoms with Crippen LogP contribution in [-0.2, 0) is 29.2 Å². The Hall–Kier alpha value is -3.27. The molecule has 9 nitrogen and oxygen atoms in total. The van der Waals surface area contributed by atoms with Gasteiger partial charge in [0.1, 0.15) is 11.2 Å². The molecular weight excluding hydrogens is 619 g/mol. The number of para-hydroxylation sites is 2. The lowest BCUT2D eigenvalue weighted by Crippen LogP contribution is -2.53. The number of anilines is 1. The summed E-state index contributed by atoms with van der Waals surface area (Å²) in [6.07, 6.45) is -0.408. The highest BCUT2D eigenvalue weighted by atomic mass is 35.6. The molecule has 1 aromatic heterocycles. The zero-order chi connectivity index (χ0) is 32.3. The second-order valence-electron chi connectivity index (χ2n) is 12.7. The van der Waals surface area contributed by atoms with Crippen molar-refractivity contribution in [3.05, 3.63) is 65.9 Å². The molecule has 1 atom stereocenters. The number of esters is 1. The maximum absolute atomic E-state index is 14.7. The van der Waals surface area contributed by atoms with Crippen LogP contribution in [0.2, 0.25) is 0 Å². The van der Waals surface area contributed by atoms with Crippen LogP contribution < -0.4 is 4.90 Å². The van der Waals surface area contributed by atoms with Crippen LogP contribution in [0.15, 0.2) is 54.7 Å². The van der Waals surface area contributed by atoms with Gasteiger partial charge < -0.3 is 14.2 Å². The first-order chi connectivity index (χ1) is 19.6. The molecule has 0 bridgehead atoms. The number of nitrogens with zero attached hydrogens (tertiary/aromatic N) is 2. The maximum atomic E-state index is 14.7. The second kappa shape index (κ2) is 10.7. The first kappa shape index (κ1) is 32.6. The van der Waals surface area contributed by atoms with Crippen LogP contribution in [0, 0.1) is 0 Å². The van der Waals surface area contributed by atoms with Crippen molar-refractivity contribution in [1.82, 2.24) is 4.57 Å². The Morgan fingerprint density at radius 3 is 1.84 bits per heavy atom. The van der Waals surface area contributed by atoms with Gasteiger partial charge in [0.25, 0.3) is 5.91 Å². The average molecular weight is 652 g/mol. The molecule has 0 saturated carbocycles. The lowest BCUT2D eigenvalue weighted by molar-refractivity contribution is -0.163. The van der Waals surface area contributed by atoms with Gasteiger partial charge in [0, 0.05) is 22.7 Å². The van der Waals surface area contributed by atoms with Crippen molar-refractivity contribution in [1.29, 1.82) is 0 Å². The number of amides is 2. The van der Waals surface area contributed by atoms with Gasteiger partial charge in [-0.1, -0.05) is 71.2 Å². The number of aromatic nitrogens is 1. The van der Waals surface area contributed by atoms with E-state index in [0.717, 1.165) is 4.90 Å². The van der Waals surface area contributed by atoms with Crippen molar-refractivity contribution in [3.63, 3.8) is 0 Å². The maximum Gasteiger partial charge on any atom is 0.421 e. The van der Waals surface area contributed by atoms with E-state index < -0.39 is 50.1 Å². The van der Waals surface area contributed by atoms with Gasteiger partial charge in [-0.25, -0.2) is 14.5 Å². The Bertz CT molecular complexity index is 1630. The molecule has 0 fully saturated rings. The van der Waals surface area contributed by atoms with Crippen molar-refractivity contribution in [2.45, 2.75) is 81.4 Å². The standard InChI is InChI=1S/C31H33Cl3N2O7/c1-27(2,3)42-25(39)35-17-20(18-13-9-11-15-21(18)35)30(24(38)41-29(7,8)31(32,33)34)19-14-10-12-16-22(19)36(23(30)37)26(40)43-28(4,5)6/h9-17H,1-8H3/t30-/m0/s1. The van der Waals surface area contributed by atoms with Crippen LogP contribution in [0.5, 0.6) is 0 Å². The average Bonchev–Trinajstić information content (AvgIpc) is 3.34. The molecule has 43 heavy (non-hydrogen) atoms. The minimum Gasteiger partial charge on any atom is -0.454 e. The fourth-order valence-electron chi connectivity index (χ4n) is 4.74. The number of hydrogen-bond donors (Lipinski definition) is 0. The molecule has 0 saturated heterocycles. The highest BCUT2D eigenvalue weighted by molar-refractivity contribution is 6.68. The van der Waals surface area contributed by atoms with Crippen molar-refractivity contribution < 1.29 is 33.4 Å². The van der Waals surface area contributed by atoms with Crippen LogP contribution in [0.1, 0.15) is 66.5 Å². The van der Waals surface area contributed by atoms with Gasteiger partial charge in [-0.2, -0.15) is 0 Å². The molecule has 4 rings (SSSR count). The van der Waals surface area contributed by atoms with Crippen LogP contribution in [-0.4, -0.2) is 49.2 Å². The third-order valence-electron chi connectivity index (χ3n) is 6.69. The molecule has 3 aromatic rings. The molecule has 2 aromatic carbocycles. The number of halogens is 3. The largest absolute Gasteiger partial charge is 0.454 e. The monoisotopic (exact) mass is 650 g/mol. The molecule has 1 aliphatic heterocycles. The highest BCUT2D eigenvalue weighted by Crippen LogP contribution is 2.51. The summed E-state index contributed by atoms with van der Waals surface area (Å²) in [6.45, 7) is 12.9. The number of imide groups is 1. The van der Waals surface area contributed by atoms with Crippen molar-refractivity contribution >= 4 is 75.5 Å². The van der Waals surface area contributed by atoms with E-state index in [1.165, 1.54) is 36.7 Å². The van der Waals surface area contributed by atoms with Crippen molar-refractivity contribution in [3.8, 4) is 0 Å². The minimum atomic E-state index is -2.33. The highest BCUT2D eigenvalue weighted by Gasteiger charge is 2.63. The Labute approximate surface area is 264 Å². The van der Waals surface area contributed by atoms with Gasteiger partial charge in [0.2, 0.25) is 9.21 Å². The Balaban J connectivity index is 2.08. The summed E-state index contributed by atoms with van der Waals surface area (Å²) in [4.78, 5) is 57.1. The minimum absolute atomic E-state index is 0.0579. The number of alkyl halides is 3. The molecule has 230 valence electrons. The summed E-state index contributed by atoms with van der Waals surface area (Å²) in [5, 5.41) is 0.353. The fourth-order valence-corrected chi connectivity index (χ4v) is 4.86. The summed E-state index contributed by atoms with van der Waals surface area (Å²) >= 11 is 18.5. The van der Waals surface area contributed by atoms with Crippen molar-refractivity contribution in [2.75, 3.05) is 4.90 Å². The first-order valence-corrected chi connectivity index (χ1v) is 14.6. The topological polar surface area (TPSA) is 104 Å². The van der Waals surface area contributed by atoms with E-state index in [4.69, 9.17) is 49.0 Å². The van der Waals surface area contributed by atoms with Gasteiger partial charge in [-0.05, 0) is 67.5 Å². The molecule has 0 radical (unpaired) electrons. The van der Waals surface area contributed by atoms with Crippen molar-refractivity contribution in [2.24, 2.45) is 0 Å². The molecule has 2 heterocycles. The number of carbonyl (C=O) groups is 4. The Morgan fingerprint density at radius 2 is 1.26 bits per heavy atom. The Morgan fingerprint density at radius 1 is 0.721 bits per heavy atom. The molecule has 0 spiro atoms. The number of hydrogen-bond acceptors (Lipinski definition) is 7. The Kier molecular flexibility index (Phi) is 8.13. The predicted octanol–water partition coefficient (Wildman–Crippen LogP) is 7.68. The van der Waals surface area contributed by atoms with Gasteiger partial charge >= 0.3 is 18.2 Å². The van der Waals surface area contributed by atoms with E-state index in [2.05, 4.69) is 0 Å². The lowest BCUT2D eigenvalue weighted by Gasteiger charge is -2.36. The SMILES string of the molecule is CC(C)(C)OC(=O)N1C(=O)[C@@](C(=O)OC(C)(C)C(Cl)(Cl)Cl)(c2cn(C(=O)OC(C)(C)C)c3ccccc23)c2ccccc21. The fraction of sp³-hybridized carbons (Fsp3) is 0.419. The van der Waals surface area contributed by atoms with E-state index in [1.54, 1.807) is 77.9 Å². The molecule has 12 heteroatoms. The molecule has 2 amide bonds.